The molecule has 0 aliphatic heterocycles. The summed E-state index contributed by atoms with van der Waals surface area (Å²) in [7, 11) is -4.00. The van der Waals surface area contributed by atoms with Gasteiger partial charge in [0.1, 0.15) is 6.61 Å². The molecule has 0 aromatic heterocycles. The highest BCUT2D eigenvalue weighted by atomic mass is 32.2. The van der Waals surface area contributed by atoms with Crippen LogP contribution in [0.1, 0.15) is 18.9 Å². The fourth-order valence-corrected chi connectivity index (χ4v) is 2.02. The molecule has 0 spiro atoms. The first-order valence-corrected chi connectivity index (χ1v) is 7.40. The third kappa shape index (κ3) is 7.43. The molecule has 6 nitrogen and oxygen atoms in total. The Balaban J connectivity index is 2.27. The van der Waals surface area contributed by atoms with Gasteiger partial charge in [-0.15, -0.1) is 0 Å². The van der Waals surface area contributed by atoms with Gasteiger partial charge in [0.15, 0.2) is 0 Å². The quantitative estimate of drug-likeness (QED) is 0.775. The summed E-state index contributed by atoms with van der Waals surface area (Å²) >= 11 is 0. The summed E-state index contributed by atoms with van der Waals surface area (Å²) in [6.07, 6.45) is -0.495. The van der Waals surface area contributed by atoms with Crippen LogP contribution in [0, 0.1) is 0 Å². The summed E-state index contributed by atoms with van der Waals surface area (Å²) in [6, 6.07) is 8.80. The van der Waals surface area contributed by atoms with Crippen LogP contribution < -0.4 is 5.32 Å². The van der Waals surface area contributed by atoms with E-state index >= 15 is 0 Å². The Bertz CT molecular complexity index is 500. The predicted molar refractivity (Wildman–Crippen MR) is 70.3 cm³/mol. The highest BCUT2D eigenvalue weighted by molar-refractivity contribution is 7.85. The average molecular weight is 287 g/mol. The van der Waals surface area contributed by atoms with Gasteiger partial charge in [-0.3, -0.25) is 4.55 Å². The lowest BCUT2D eigenvalue weighted by Gasteiger charge is -2.13. The van der Waals surface area contributed by atoms with E-state index in [0.29, 0.717) is 0 Å². The normalized spacial score (nSPS) is 12.7. The maximum atomic E-state index is 11.4. The van der Waals surface area contributed by atoms with Crippen LogP contribution in [0.15, 0.2) is 30.3 Å². The van der Waals surface area contributed by atoms with Gasteiger partial charge in [0.2, 0.25) is 0 Å². The number of carbonyl (C=O) groups excluding carboxylic acids is 1. The summed E-state index contributed by atoms with van der Waals surface area (Å²) in [4.78, 5) is 11.4. The van der Waals surface area contributed by atoms with Crippen molar-refractivity contribution in [3.05, 3.63) is 35.9 Å². The Morgan fingerprint density at radius 3 is 2.58 bits per heavy atom. The van der Waals surface area contributed by atoms with E-state index in [1.807, 2.05) is 30.3 Å². The second-order valence-electron chi connectivity index (χ2n) is 4.18. The van der Waals surface area contributed by atoms with Crippen molar-refractivity contribution in [3.8, 4) is 0 Å². The van der Waals surface area contributed by atoms with Gasteiger partial charge in [-0.2, -0.15) is 8.42 Å². The van der Waals surface area contributed by atoms with E-state index in [4.69, 9.17) is 9.29 Å². The first-order valence-electron chi connectivity index (χ1n) is 5.79. The molecule has 7 heteroatoms. The molecule has 0 aliphatic carbocycles. The van der Waals surface area contributed by atoms with Crippen molar-refractivity contribution in [2.75, 3.05) is 5.75 Å². The van der Waals surface area contributed by atoms with E-state index in [-0.39, 0.29) is 13.0 Å². The number of ether oxygens (including phenoxy) is 1. The minimum atomic E-state index is -4.00. The van der Waals surface area contributed by atoms with Crippen molar-refractivity contribution < 1.29 is 22.5 Å². The fourth-order valence-electron chi connectivity index (χ4n) is 1.36. The van der Waals surface area contributed by atoms with Crippen LogP contribution in [0.5, 0.6) is 0 Å². The van der Waals surface area contributed by atoms with Crippen LogP contribution in [0.3, 0.4) is 0 Å². The smallest absolute Gasteiger partial charge is 0.407 e. The molecule has 0 fully saturated rings. The van der Waals surface area contributed by atoms with Crippen molar-refractivity contribution >= 4 is 16.2 Å². The summed E-state index contributed by atoms with van der Waals surface area (Å²) in [6.45, 7) is 1.78. The summed E-state index contributed by atoms with van der Waals surface area (Å²) in [5.74, 6) is -0.396. The van der Waals surface area contributed by atoms with E-state index in [1.165, 1.54) is 0 Å². The Kier molecular flexibility index (Phi) is 5.78. The number of alkyl carbamates (subject to hydrolysis) is 1. The first-order chi connectivity index (χ1) is 8.87. The Morgan fingerprint density at radius 1 is 1.37 bits per heavy atom. The summed E-state index contributed by atoms with van der Waals surface area (Å²) in [5, 5.41) is 2.49. The van der Waals surface area contributed by atoms with Crippen molar-refractivity contribution in [2.24, 2.45) is 0 Å². The SMILES string of the molecule is CC(CCS(=O)(=O)O)NC(=O)OCc1ccccc1. The molecule has 1 rings (SSSR count). The molecule has 1 atom stereocenters. The van der Waals surface area contributed by atoms with Crippen molar-refractivity contribution in [3.63, 3.8) is 0 Å². The van der Waals surface area contributed by atoms with Crippen LogP contribution in [0.4, 0.5) is 4.79 Å². The van der Waals surface area contributed by atoms with E-state index < -0.39 is 28.0 Å². The second kappa shape index (κ2) is 7.10. The highest BCUT2D eigenvalue weighted by Crippen LogP contribution is 2.01. The Hall–Kier alpha value is -1.60. The van der Waals surface area contributed by atoms with Crippen LogP contribution in [0.2, 0.25) is 0 Å². The molecule has 0 radical (unpaired) electrons. The van der Waals surface area contributed by atoms with Crippen molar-refractivity contribution in [2.45, 2.75) is 26.0 Å². The molecule has 1 aromatic carbocycles. The average Bonchev–Trinajstić information content (AvgIpc) is 2.34. The molecule has 1 amide bonds. The van der Waals surface area contributed by atoms with Gasteiger partial charge < -0.3 is 10.1 Å². The standard InChI is InChI=1S/C12H17NO5S/c1-10(7-8-19(15,16)17)13-12(14)18-9-11-5-3-2-4-6-11/h2-6,10H,7-9H2,1H3,(H,13,14)(H,15,16,17). The molecule has 0 saturated heterocycles. The third-order valence-electron chi connectivity index (χ3n) is 2.39. The summed E-state index contributed by atoms with van der Waals surface area (Å²) < 4.78 is 34.6. The number of carbonyl (C=O) groups is 1. The molecule has 106 valence electrons. The van der Waals surface area contributed by atoms with Crippen molar-refractivity contribution in [1.82, 2.24) is 5.32 Å². The molecular weight excluding hydrogens is 270 g/mol. The lowest BCUT2D eigenvalue weighted by molar-refractivity contribution is 0.136. The molecule has 1 aromatic rings. The van der Waals surface area contributed by atoms with Crippen LogP contribution in [-0.2, 0) is 21.5 Å². The lowest BCUT2D eigenvalue weighted by Crippen LogP contribution is -2.34. The third-order valence-corrected chi connectivity index (χ3v) is 3.14. The summed E-state index contributed by atoms with van der Waals surface area (Å²) in [5.41, 5.74) is 0.864. The fraction of sp³-hybridized carbons (Fsp3) is 0.417. The molecular formula is C12H17NO5S. The number of rotatable bonds is 6. The zero-order valence-corrected chi connectivity index (χ0v) is 11.4. The van der Waals surface area contributed by atoms with Crippen LogP contribution in [-0.4, -0.2) is 30.9 Å². The zero-order valence-electron chi connectivity index (χ0n) is 10.6. The van der Waals surface area contributed by atoms with E-state index in [0.717, 1.165) is 5.56 Å². The minimum Gasteiger partial charge on any atom is -0.445 e. The largest absolute Gasteiger partial charge is 0.445 e. The molecule has 0 saturated carbocycles. The molecule has 1 unspecified atom stereocenters. The minimum absolute atomic E-state index is 0.124. The maximum Gasteiger partial charge on any atom is 0.407 e. The van der Waals surface area contributed by atoms with Gasteiger partial charge in [0.05, 0.1) is 5.75 Å². The first kappa shape index (κ1) is 15.5. The number of nitrogens with one attached hydrogen (secondary N) is 1. The van der Waals surface area contributed by atoms with Gasteiger partial charge in [-0.25, -0.2) is 4.79 Å². The van der Waals surface area contributed by atoms with Crippen LogP contribution in [0.25, 0.3) is 0 Å². The van der Waals surface area contributed by atoms with Gasteiger partial charge >= 0.3 is 6.09 Å². The number of amides is 1. The van der Waals surface area contributed by atoms with E-state index in [2.05, 4.69) is 5.32 Å². The highest BCUT2D eigenvalue weighted by Gasteiger charge is 2.12. The molecule has 2 N–H and O–H groups in total. The van der Waals surface area contributed by atoms with Crippen molar-refractivity contribution in [1.29, 1.82) is 0 Å². The van der Waals surface area contributed by atoms with Gasteiger partial charge in [0, 0.05) is 6.04 Å². The topological polar surface area (TPSA) is 92.7 Å². The molecule has 0 heterocycles. The van der Waals surface area contributed by atoms with Gasteiger partial charge in [-0.1, -0.05) is 30.3 Å². The van der Waals surface area contributed by atoms with Gasteiger partial charge in [-0.05, 0) is 18.9 Å². The zero-order chi connectivity index (χ0) is 14.3. The number of hydrogen-bond acceptors (Lipinski definition) is 4. The lowest BCUT2D eigenvalue weighted by atomic mass is 10.2. The van der Waals surface area contributed by atoms with E-state index in [9.17, 15) is 13.2 Å². The monoisotopic (exact) mass is 287 g/mol. The second-order valence-corrected chi connectivity index (χ2v) is 5.75. The van der Waals surface area contributed by atoms with Crippen LogP contribution >= 0.6 is 0 Å². The Labute approximate surface area is 112 Å². The number of benzene rings is 1. The molecule has 0 aliphatic rings. The Morgan fingerprint density at radius 2 is 2.00 bits per heavy atom. The number of hydrogen-bond donors (Lipinski definition) is 2. The molecule has 19 heavy (non-hydrogen) atoms. The van der Waals surface area contributed by atoms with Gasteiger partial charge in [0.25, 0.3) is 10.1 Å². The predicted octanol–water partition coefficient (Wildman–Crippen LogP) is 1.58. The maximum absolute atomic E-state index is 11.4. The van der Waals surface area contributed by atoms with E-state index in [1.54, 1.807) is 6.92 Å². The molecule has 0 bridgehead atoms.